The van der Waals surface area contributed by atoms with Gasteiger partial charge in [-0.2, -0.15) is 5.26 Å². The molecule has 21 heavy (non-hydrogen) atoms. The zero-order valence-electron chi connectivity index (χ0n) is 10.9. The summed E-state index contributed by atoms with van der Waals surface area (Å²) in [7, 11) is 0. The molecule has 3 nitrogen and oxygen atoms in total. The van der Waals surface area contributed by atoms with E-state index in [0.29, 0.717) is 11.6 Å². The minimum Gasteiger partial charge on any atom is -0.321 e. The molecule has 0 spiro atoms. The molecule has 0 saturated heterocycles. The Morgan fingerprint density at radius 1 is 1.24 bits per heavy atom. The fourth-order valence-electron chi connectivity index (χ4n) is 1.71. The van der Waals surface area contributed by atoms with Gasteiger partial charge < -0.3 is 5.32 Å². The van der Waals surface area contributed by atoms with Gasteiger partial charge >= 0.3 is 0 Å². The summed E-state index contributed by atoms with van der Waals surface area (Å²) in [6.07, 6.45) is 0. The molecule has 0 saturated carbocycles. The molecule has 2 aromatic rings. The van der Waals surface area contributed by atoms with Crippen LogP contribution in [0.5, 0.6) is 0 Å². The van der Waals surface area contributed by atoms with Crippen molar-refractivity contribution in [3.63, 3.8) is 0 Å². The van der Waals surface area contributed by atoms with E-state index in [9.17, 15) is 13.6 Å². The topological polar surface area (TPSA) is 52.9 Å². The van der Waals surface area contributed by atoms with Gasteiger partial charge in [-0.25, -0.2) is 8.78 Å². The number of hydrogen-bond donors (Lipinski definition) is 1. The van der Waals surface area contributed by atoms with Gasteiger partial charge in [0.1, 0.15) is 11.6 Å². The average molecular weight is 307 g/mol. The van der Waals surface area contributed by atoms with Crippen LogP contribution in [0.25, 0.3) is 0 Å². The maximum absolute atomic E-state index is 13.6. The minimum absolute atomic E-state index is 0.154. The van der Waals surface area contributed by atoms with Crippen molar-refractivity contribution in [3.05, 3.63) is 63.7 Å². The van der Waals surface area contributed by atoms with E-state index in [1.807, 2.05) is 6.07 Å². The van der Waals surface area contributed by atoms with Crippen LogP contribution in [0, 0.1) is 29.9 Å². The van der Waals surface area contributed by atoms with Crippen LogP contribution in [0.2, 0.25) is 5.02 Å². The van der Waals surface area contributed by atoms with E-state index in [1.165, 1.54) is 25.1 Å². The van der Waals surface area contributed by atoms with Crippen molar-refractivity contribution >= 4 is 23.2 Å². The summed E-state index contributed by atoms with van der Waals surface area (Å²) < 4.78 is 26.8. The smallest absolute Gasteiger partial charge is 0.258 e. The third kappa shape index (κ3) is 3.18. The molecular formula is C15H9ClF2N2O. The molecule has 1 N–H and O–H groups in total. The van der Waals surface area contributed by atoms with Crippen molar-refractivity contribution in [2.75, 3.05) is 5.32 Å². The highest BCUT2D eigenvalue weighted by molar-refractivity contribution is 6.34. The summed E-state index contributed by atoms with van der Waals surface area (Å²) in [5.74, 6) is -2.43. The predicted octanol–water partition coefficient (Wildman–Crippen LogP) is 4.05. The molecule has 0 atom stereocenters. The molecule has 0 aliphatic carbocycles. The quantitative estimate of drug-likeness (QED) is 0.910. The summed E-state index contributed by atoms with van der Waals surface area (Å²) in [6, 6.07) is 7.97. The van der Waals surface area contributed by atoms with Crippen LogP contribution in [0.15, 0.2) is 30.3 Å². The average Bonchev–Trinajstić information content (AvgIpc) is 2.44. The number of nitrogens with one attached hydrogen (secondary N) is 1. The van der Waals surface area contributed by atoms with Gasteiger partial charge in [0.15, 0.2) is 0 Å². The van der Waals surface area contributed by atoms with Crippen LogP contribution in [-0.4, -0.2) is 5.91 Å². The first-order valence-corrected chi connectivity index (χ1v) is 6.27. The number of amides is 1. The second-order valence-corrected chi connectivity index (χ2v) is 4.75. The lowest BCUT2D eigenvalue weighted by Gasteiger charge is -2.09. The Kier molecular flexibility index (Phi) is 4.20. The number of hydrogen-bond acceptors (Lipinski definition) is 2. The number of aryl methyl sites for hydroxylation is 1. The number of nitriles is 1. The molecule has 0 heterocycles. The van der Waals surface area contributed by atoms with E-state index >= 15 is 0 Å². The fraction of sp³-hybridized carbons (Fsp3) is 0.0667. The van der Waals surface area contributed by atoms with Gasteiger partial charge in [-0.1, -0.05) is 11.6 Å². The monoisotopic (exact) mass is 306 g/mol. The van der Waals surface area contributed by atoms with Crippen molar-refractivity contribution in [2.24, 2.45) is 0 Å². The van der Waals surface area contributed by atoms with Gasteiger partial charge in [-0.3, -0.25) is 4.79 Å². The maximum atomic E-state index is 13.6. The van der Waals surface area contributed by atoms with Crippen molar-refractivity contribution in [1.29, 1.82) is 5.26 Å². The number of benzene rings is 2. The Morgan fingerprint density at radius 3 is 2.57 bits per heavy atom. The number of halogens is 3. The molecule has 0 fully saturated rings. The van der Waals surface area contributed by atoms with Crippen LogP contribution in [-0.2, 0) is 0 Å². The minimum atomic E-state index is -0.958. The van der Waals surface area contributed by atoms with E-state index in [4.69, 9.17) is 16.9 Å². The van der Waals surface area contributed by atoms with E-state index in [-0.39, 0.29) is 21.8 Å². The standard InChI is InChI=1S/C15H9ClF2N2O/c1-8-4-10(13(18)6-12(8)17)15(21)20-14-3-2-9(7-19)5-11(14)16/h2-6H,1H3,(H,20,21). The molecule has 6 heteroatoms. The molecular weight excluding hydrogens is 298 g/mol. The number of rotatable bonds is 2. The highest BCUT2D eigenvalue weighted by Crippen LogP contribution is 2.24. The third-order valence-electron chi connectivity index (χ3n) is 2.84. The Labute approximate surface area is 124 Å². The zero-order valence-corrected chi connectivity index (χ0v) is 11.6. The van der Waals surface area contributed by atoms with Crippen molar-refractivity contribution < 1.29 is 13.6 Å². The summed E-state index contributed by atoms with van der Waals surface area (Å²) in [5, 5.41) is 11.3. The number of carbonyl (C=O) groups is 1. The number of anilines is 1. The normalized spacial score (nSPS) is 10.0. The van der Waals surface area contributed by atoms with E-state index in [1.54, 1.807) is 0 Å². The molecule has 0 aliphatic rings. The fourth-order valence-corrected chi connectivity index (χ4v) is 1.93. The largest absolute Gasteiger partial charge is 0.321 e. The molecule has 0 bridgehead atoms. The number of carbonyl (C=O) groups excluding carboxylic acids is 1. The second-order valence-electron chi connectivity index (χ2n) is 4.34. The van der Waals surface area contributed by atoms with Crippen LogP contribution in [0.3, 0.4) is 0 Å². The van der Waals surface area contributed by atoms with Gasteiger partial charge in [-0.15, -0.1) is 0 Å². The van der Waals surface area contributed by atoms with Gasteiger partial charge in [-0.05, 0) is 36.8 Å². The molecule has 0 aliphatic heterocycles. The Bertz CT molecular complexity index is 769. The van der Waals surface area contributed by atoms with Gasteiger partial charge in [0.05, 0.1) is 27.9 Å². The SMILES string of the molecule is Cc1cc(C(=O)Nc2ccc(C#N)cc2Cl)c(F)cc1F. The molecule has 106 valence electrons. The number of nitrogens with zero attached hydrogens (tertiary/aromatic N) is 1. The Balaban J connectivity index is 2.31. The van der Waals surface area contributed by atoms with Crippen LogP contribution in [0.1, 0.15) is 21.5 Å². The molecule has 2 rings (SSSR count). The van der Waals surface area contributed by atoms with Crippen molar-refractivity contribution in [2.45, 2.75) is 6.92 Å². The molecule has 1 amide bonds. The zero-order chi connectivity index (χ0) is 15.6. The Hall–Kier alpha value is -2.45. The van der Waals surface area contributed by atoms with E-state index in [2.05, 4.69) is 5.32 Å². The van der Waals surface area contributed by atoms with Crippen LogP contribution >= 0.6 is 11.6 Å². The van der Waals surface area contributed by atoms with Gasteiger partial charge in [0, 0.05) is 6.07 Å². The highest BCUT2D eigenvalue weighted by Gasteiger charge is 2.16. The van der Waals surface area contributed by atoms with Crippen LogP contribution < -0.4 is 5.32 Å². The van der Waals surface area contributed by atoms with E-state index in [0.717, 1.165) is 6.07 Å². The highest BCUT2D eigenvalue weighted by atomic mass is 35.5. The Morgan fingerprint density at radius 2 is 1.95 bits per heavy atom. The summed E-state index contributed by atoms with van der Waals surface area (Å²) in [6.45, 7) is 1.43. The lowest BCUT2D eigenvalue weighted by atomic mass is 10.1. The van der Waals surface area contributed by atoms with Crippen molar-refractivity contribution in [3.8, 4) is 6.07 Å². The predicted molar refractivity (Wildman–Crippen MR) is 75.2 cm³/mol. The molecule has 2 aromatic carbocycles. The maximum Gasteiger partial charge on any atom is 0.258 e. The first-order valence-electron chi connectivity index (χ1n) is 5.89. The van der Waals surface area contributed by atoms with E-state index < -0.39 is 17.5 Å². The van der Waals surface area contributed by atoms with Gasteiger partial charge in [0.25, 0.3) is 5.91 Å². The molecule has 0 aromatic heterocycles. The lowest BCUT2D eigenvalue weighted by Crippen LogP contribution is -2.14. The lowest BCUT2D eigenvalue weighted by molar-refractivity contribution is 0.102. The van der Waals surface area contributed by atoms with Gasteiger partial charge in [0.2, 0.25) is 0 Å². The van der Waals surface area contributed by atoms with Crippen LogP contribution in [0.4, 0.5) is 14.5 Å². The first kappa shape index (κ1) is 14.9. The third-order valence-corrected chi connectivity index (χ3v) is 3.15. The van der Waals surface area contributed by atoms with Crippen molar-refractivity contribution in [1.82, 2.24) is 0 Å². The summed E-state index contributed by atoms with van der Waals surface area (Å²) >= 11 is 5.92. The first-order chi connectivity index (χ1) is 9.92. The molecule has 0 radical (unpaired) electrons. The summed E-state index contributed by atoms with van der Waals surface area (Å²) in [4.78, 5) is 12.0. The second kappa shape index (κ2) is 5.90. The molecule has 0 unspecified atom stereocenters. The summed E-state index contributed by atoms with van der Waals surface area (Å²) in [5.41, 5.74) is 0.450.